The van der Waals surface area contributed by atoms with Crippen LogP contribution in [0.15, 0.2) is 36.7 Å². The maximum absolute atomic E-state index is 12.0. The average molecular weight is 328 g/mol. The molecule has 128 valence electrons. The molecule has 0 spiro atoms. The van der Waals surface area contributed by atoms with E-state index < -0.39 is 0 Å². The van der Waals surface area contributed by atoms with E-state index in [4.69, 9.17) is 0 Å². The molecule has 1 aromatic carbocycles. The summed E-state index contributed by atoms with van der Waals surface area (Å²) in [6, 6.07) is 10.8. The molecule has 3 rings (SSSR count). The van der Waals surface area contributed by atoms with Crippen LogP contribution in [0, 0.1) is 0 Å². The number of hydrogen-bond acceptors (Lipinski definition) is 5. The number of carbonyl (C=O) groups excluding carboxylic acids is 1. The van der Waals surface area contributed by atoms with Crippen LogP contribution in [0.3, 0.4) is 0 Å². The molecule has 1 aromatic heterocycles. The molecule has 0 bridgehead atoms. The first-order chi connectivity index (χ1) is 11.8. The second kappa shape index (κ2) is 8.54. The van der Waals surface area contributed by atoms with Crippen molar-refractivity contribution in [2.75, 3.05) is 19.6 Å². The summed E-state index contributed by atoms with van der Waals surface area (Å²) < 4.78 is 1.44. The highest BCUT2D eigenvalue weighted by molar-refractivity contribution is 5.75. The van der Waals surface area contributed by atoms with Crippen LogP contribution < -0.4 is 5.32 Å². The lowest BCUT2D eigenvalue weighted by Gasteiger charge is -2.33. The molecular weight excluding hydrogens is 304 g/mol. The fourth-order valence-electron chi connectivity index (χ4n) is 3.20. The van der Waals surface area contributed by atoms with E-state index in [0.29, 0.717) is 0 Å². The molecule has 0 radical (unpaired) electrons. The van der Waals surface area contributed by atoms with E-state index in [9.17, 15) is 4.79 Å². The third-order valence-corrected chi connectivity index (χ3v) is 4.35. The number of carbonyl (C=O) groups is 1. The molecule has 1 amide bonds. The van der Waals surface area contributed by atoms with Crippen molar-refractivity contribution in [1.29, 1.82) is 0 Å². The topological polar surface area (TPSA) is 75.9 Å². The summed E-state index contributed by atoms with van der Waals surface area (Å²) in [5.74, 6) is -0.0292. The molecule has 1 aliphatic heterocycles. The summed E-state index contributed by atoms with van der Waals surface area (Å²) in [5, 5.41) is 13.9. The van der Waals surface area contributed by atoms with E-state index in [2.05, 4.69) is 56.1 Å². The number of aryl methyl sites for hydroxylation is 1. The van der Waals surface area contributed by atoms with Gasteiger partial charge in [0.2, 0.25) is 5.91 Å². The lowest BCUT2D eigenvalue weighted by Crippen LogP contribution is -2.48. The molecule has 1 atom stereocenters. The first-order valence-electron chi connectivity index (χ1n) is 8.56. The zero-order chi connectivity index (χ0) is 16.6. The van der Waals surface area contributed by atoms with Crippen molar-refractivity contribution in [2.45, 2.75) is 38.3 Å². The zero-order valence-corrected chi connectivity index (χ0v) is 13.8. The summed E-state index contributed by atoms with van der Waals surface area (Å²) in [5.41, 5.74) is 1.39. The molecule has 0 aliphatic carbocycles. The summed E-state index contributed by atoms with van der Waals surface area (Å²) in [6.45, 7) is 3.30. The fraction of sp³-hybridized carbons (Fsp3) is 0.529. The van der Waals surface area contributed by atoms with Crippen LogP contribution in [0.2, 0.25) is 0 Å². The van der Waals surface area contributed by atoms with Crippen LogP contribution in [-0.4, -0.2) is 56.7 Å². The Morgan fingerprint density at radius 2 is 2.17 bits per heavy atom. The summed E-state index contributed by atoms with van der Waals surface area (Å²) in [7, 11) is 0. The van der Waals surface area contributed by atoms with Gasteiger partial charge in [0.1, 0.15) is 12.9 Å². The van der Waals surface area contributed by atoms with Crippen LogP contribution in [-0.2, 0) is 17.8 Å². The predicted molar refractivity (Wildman–Crippen MR) is 90.2 cm³/mol. The van der Waals surface area contributed by atoms with E-state index in [1.807, 2.05) is 0 Å². The van der Waals surface area contributed by atoms with Crippen LogP contribution in [0.25, 0.3) is 0 Å². The lowest BCUT2D eigenvalue weighted by molar-refractivity contribution is -0.123. The molecule has 2 heterocycles. The Balaban J connectivity index is 1.38. The SMILES string of the molecule is O=C(Cn1cnnn1)NC1CCCN(CCCc2ccccc2)C1. The van der Waals surface area contributed by atoms with E-state index in [1.165, 1.54) is 16.6 Å². The number of likely N-dealkylation sites (tertiary alicyclic amines) is 1. The van der Waals surface area contributed by atoms with Crippen LogP contribution >= 0.6 is 0 Å². The largest absolute Gasteiger partial charge is 0.350 e. The van der Waals surface area contributed by atoms with Crippen molar-refractivity contribution in [1.82, 2.24) is 30.4 Å². The number of hydrogen-bond donors (Lipinski definition) is 1. The summed E-state index contributed by atoms with van der Waals surface area (Å²) >= 11 is 0. The number of benzene rings is 1. The highest BCUT2D eigenvalue weighted by atomic mass is 16.2. The second-order valence-electron chi connectivity index (χ2n) is 6.30. The number of amides is 1. The molecule has 1 N–H and O–H groups in total. The molecule has 7 heteroatoms. The van der Waals surface area contributed by atoms with Gasteiger partial charge in [-0.1, -0.05) is 30.3 Å². The van der Waals surface area contributed by atoms with Gasteiger partial charge >= 0.3 is 0 Å². The van der Waals surface area contributed by atoms with E-state index in [-0.39, 0.29) is 18.5 Å². The Kier molecular flexibility index (Phi) is 5.90. The van der Waals surface area contributed by atoms with Gasteiger partial charge in [-0.15, -0.1) is 5.10 Å². The molecule has 1 fully saturated rings. The molecule has 0 saturated carbocycles. The standard InChI is InChI=1S/C17H24N6O/c24-17(13-23-14-18-20-21-23)19-16-9-5-11-22(12-16)10-4-8-15-6-2-1-3-7-15/h1-3,6-7,14,16H,4-5,8-13H2,(H,19,24). The highest BCUT2D eigenvalue weighted by Gasteiger charge is 2.21. The number of nitrogens with one attached hydrogen (secondary N) is 1. The van der Waals surface area contributed by atoms with Gasteiger partial charge in [-0.05, 0) is 54.8 Å². The Morgan fingerprint density at radius 1 is 1.29 bits per heavy atom. The average Bonchev–Trinajstić information content (AvgIpc) is 3.09. The molecule has 7 nitrogen and oxygen atoms in total. The fourth-order valence-corrected chi connectivity index (χ4v) is 3.20. The van der Waals surface area contributed by atoms with Crippen molar-refractivity contribution in [3.8, 4) is 0 Å². The van der Waals surface area contributed by atoms with E-state index in [0.717, 1.165) is 45.3 Å². The molecule has 2 aromatic rings. The van der Waals surface area contributed by atoms with Gasteiger partial charge in [0.05, 0.1) is 0 Å². The first kappa shape index (κ1) is 16.6. The lowest BCUT2D eigenvalue weighted by atomic mass is 10.0. The third kappa shape index (κ3) is 5.13. The van der Waals surface area contributed by atoms with Crippen LogP contribution in [0.4, 0.5) is 0 Å². The Hall–Kier alpha value is -2.28. The Bertz CT molecular complexity index is 615. The molecule has 1 aliphatic rings. The number of piperidine rings is 1. The molecule has 24 heavy (non-hydrogen) atoms. The second-order valence-corrected chi connectivity index (χ2v) is 6.30. The Labute approximate surface area is 142 Å². The maximum atomic E-state index is 12.0. The zero-order valence-electron chi connectivity index (χ0n) is 13.8. The van der Waals surface area contributed by atoms with Crippen molar-refractivity contribution in [3.05, 3.63) is 42.2 Å². The van der Waals surface area contributed by atoms with Crippen molar-refractivity contribution in [2.24, 2.45) is 0 Å². The number of nitrogens with zero attached hydrogens (tertiary/aromatic N) is 5. The van der Waals surface area contributed by atoms with Gasteiger partial charge in [-0.25, -0.2) is 4.68 Å². The van der Waals surface area contributed by atoms with Gasteiger partial charge in [-0.3, -0.25) is 4.79 Å². The summed E-state index contributed by atoms with van der Waals surface area (Å²) in [6.07, 6.45) is 5.87. The first-order valence-corrected chi connectivity index (χ1v) is 8.56. The smallest absolute Gasteiger partial charge is 0.242 e. The van der Waals surface area contributed by atoms with Gasteiger partial charge in [0, 0.05) is 12.6 Å². The number of tetrazole rings is 1. The van der Waals surface area contributed by atoms with Crippen molar-refractivity contribution in [3.63, 3.8) is 0 Å². The minimum Gasteiger partial charge on any atom is -0.350 e. The summed E-state index contributed by atoms with van der Waals surface area (Å²) in [4.78, 5) is 14.5. The van der Waals surface area contributed by atoms with Gasteiger partial charge < -0.3 is 10.2 Å². The van der Waals surface area contributed by atoms with Crippen LogP contribution in [0.1, 0.15) is 24.8 Å². The third-order valence-electron chi connectivity index (χ3n) is 4.35. The van der Waals surface area contributed by atoms with Gasteiger partial charge in [0.15, 0.2) is 0 Å². The van der Waals surface area contributed by atoms with Gasteiger partial charge in [0.25, 0.3) is 0 Å². The normalized spacial score (nSPS) is 18.4. The minimum atomic E-state index is -0.0292. The predicted octanol–water partition coefficient (Wildman–Crippen LogP) is 0.887. The van der Waals surface area contributed by atoms with Crippen LogP contribution in [0.5, 0.6) is 0 Å². The quantitative estimate of drug-likeness (QED) is 0.817. The minimum absolute atomic E-state index is 0.0292. The highest BCUT2D eigenvalue weighted by Crippen LogP contribution is 2.12. The molecule has 1 unspecified atom stereocenters. The van der Waals surface area contributed by atoms with Crippen molar-refractivity contribution < 1.29 is 4.79 Å². The number of aromatic nitrogens is 4. The van der Waals surface area contributed by atoms with E-state index >= 15 is 0 Å². The molecule has 1 saturated heterocycles. The Morgan fingerprint density at radius 3 is 2.96 bits per heavy atom. The van der Waals surface area contributed by atoms with E-state index in [1.54, 1.807) is 0 Å². The molecular formula is C17H24N6O. The van der Waals surface area contributed by atoms with Gasteiger partial charge in [-0.2, -0.15) is 0 Å². The number of rotatable bonds is 7. The van der Waals surface area contributed by atoms with Crippen molar-refractivity contribution >= 4 is 5.91 Å². The monoisotopic (exact) mass is 328 g/mol. The maximum Gasteiger partial charge on any atom is 0.242 e.